The number of aromatic nitrogens is 1. The molecule has 0 bridgehead atoms. The van der Waals surface area contributed by atoms with Gasteiger partial charge in [0.05, 0.1) is 5.69 Å². The Morgan fingerprint density at radius 3 is 2.62 bits per heavy atom. The van der Waals surface area contributed by atoms with Crippen LogP contribution < -0.4 is 5.48 Å². The predicted octanol–water partition coefficient (Wildman–Crippen LogP) is 1.97. The second-order valence-electron chi connectivity index (χ2n) is 4.62. The molecule has 2 aromatic rings. The number of benzene rings is 1. The molecule has 1 amide bonds. The number of ketones is 1. The molecule has 108 valence electrons. The summed E-state index contributed by atoms with van der Waals surface area (Å²) in [6.45, 7) is 0. The summed E-state index contributed by atoms with van der Waals surface area (Å²) in [6.07, 6.45) is 4.74. The fraction of sp³-hybridized carbons (Fsp3) is 0.125. The topological polar surface area (TPSA) is 71.3 Å². The molecule has 1 heterocycles. The van der Waals surface area contributed by atoms with Crippen LogP contribution in [-0.2, 0) is 18.3 Å². The smallest absolute Gasteiger partial charge is 0.267 e. The number of rotatable bonds is 5. The van der Waals surface area contributed by atoms with Gasteiger partial charge < -0.3 is 4.57 Å². The Labute approximate surface area is 122 Å². The van der Waals surface area contributed by atoms with Crippen LogP contribution in [0.5, 0.6) is 0 Å². The third-order valence-corrected chi connectivity index (χ3v) is 3.13. The molecule has 0 unspecified atom stereocenters. The summed E-state index contributed by atoms with van der Waals surface area (Å²) in [5.41, 5.74) is 3.62. The number of nitrogens with zero attached hydrogens (tertiary/aromatic N) is 1. The van der Waals surface area contributed by atoms with Crippen molar-refractivity contribution >= 4 is 17.8 Å². The Kier molecular flexibility index (Phi) is 4.68. The minimum Gasteiger partial charge on any atom is -0.350 e. The van der Waals surface area contributed by atoms with Crippen LogP contribution in [0.4, 0.5) is 0 Å². The van der Waals surface area contributed by atoms with E-state index >= 15 is 0 Å². The first-order valence-electron chi connectivity index (χ1n) is 6.46. The zero-order valence-electron chi connectivity index (χ0n) is 11.6. The maximum atomic E-state index is 12.4. The van der Waals surface area contributed by atoms with Crippen LogP contribution in [0.2, 0.25) is 0 Å². The molecule has 0 saturated heterocycles. The molecule has 5 heteroatoms. The van der Waals surface area contributed by atoms with Gasteiger partial charge >= 0.3 is 0 Å². The van der Waals surface area contributed by atoms with Crippen molar-refractivity contribution in [2.45, 2.75) is 6.42 Å². The van der Waals surface area contributed by atoms with Crippen molar-refractivity contribution < 1.29 is 14.8 Å². The van der Waals surface area contributed by atoms with Crippen LogP contribution in [0.25, 0.3) is 6.08 Å². The zero-order chi connectivity index (χ0) is 15.2. The number of amides is 1. The van der Waals surface area contributed by atoms with Gasteiger partial charge in [0.25, 0.3) is 5.91 Å². The first kappa shape index (κ1) is 14.7. The van der Waals surface area contributed by atoms with E-state index in [0.717, 1.165) is 5.56 Å². The highest BCUT2D eigenvalue weighted by Crippen LogP contribution is 2.15. The van der Waals surface area contributed by atoms with Gasteiger partial charge in [0.15, 0.2) is 5.78 Å². The van der Waals surface area contributed by atoms with Crippen molar-refractivity contribution in [2.24, 2.45) is 7.05 Å². The molecule has 0 fully saturated rings. The second kappa shape index (κ2) is 6.67. The summed E-state index contributed by atoms with van der Waals surface area (Å²) in [4.78, 5) is 23.4. The summed E-state index contributed by atoms with van der Waals surface area (Å²) in [6, 6.07) is 11.2. The number of hydroxylamine groups is 1. The normalized spacial score (nSPS) is 10.8. The van der Waals surface area contributed by atoms with E-state index in [1.807, 2.05) is 30.3 Å². The Balaban J connectivity index is 2.22. The minimum atomic E-state index is -0.641. The fourth-order valence-corrected chi connectivity index (χ4v) is 2.05. The van der Waals surface area contributed by atoms with E-state index in [1.165, 1.54) is 17.6 Å². The standard InChI is InChI=1S/C16H16N2O3/c1-18-10-9-13(14(18)7-8-16(20)17-21)15(19)11-12-5-3-2-4-6-12/h2-10,21H,11H2,1H3,(H,17,20)/b8-7+. The second-order valence-corrected chi connectivity index (χ2v) is 4.62. The van der Waals surface area contributed by atoms with Crippen molar-refractivity contribution in [3.05, 3.63) is 65.5 Å². The molecule has 2 N–H and O–H groups in total. The largest absolute Gasteiger partial charge is 0.350 e. The molecular formula is C16H16N2O3. The lowest BCUT2D eigenvalue weighted by Crippen LogP contribution is -2.15. The number of carbonyl (C=O) groups is 2. The van der Waals surface area contributed by atoms with E-state index < -0.39 is 5.91 Å². The molecule has 5 nitrogen and oxygen atoms in total. The zero-order valence-corrected chi connectivity index (χ0v) is 11.6. The lowest BCUT2D eigenvalue weighted by molar-refractivity contribution is -0.124. The fourth-order valence-electron chi connectivity index (χ4n) is 2.05. The van der Waals surface area contributed by atoms with Gasteiger partial charge in [-0.05, 0) is 17.7 Å². The Hall–Kier alpha value is -2.66. The van der Waals surface area contributed by atoms with E-state index in [-0.39, 0.29) is 5.78 Å². The van der Waals surface area contributed by atoms with Gasteiger partial charge in [0.2, 0.25) is 0 Å². The van der Waals surface area contributed by atoms with Crippen LogP contribution in [-0.4, -0.2) is 21.5 Å². The summed E-state index contributed by atoms with van der Waals surface area (Å²) >= 11 is 0. The number of nitrogens with one attached hydrogen (secondary N) is 1. The molecule has 1 aromatic heterocycles. The molecule has 0 aliphatic carbocycles. The molecule has 21 heavy (non-hydrogen) atoms. The molecule has 1 aromatic carbocycles. The van der Waals surface area contributed by atoms with Crippen LogP contribution >= 0.6 is 0 Å². The third kappa shape index (κ3) is 3.67. The monoisotopic (exact) mass is 284 g/mol. The quantitative estimate of drug-likeness (QED) is 0.381. The Morgan fingerprint density at radius 1 is 1.24 bits per heavy atom. The van der Waals surface area contributed by atoms with Gasteiger partial charge in [-0.1, -0.05) is 30.3 Å². The summed E-state index contributed by atoms with van der Waals surface area (Å²) in [5.74, 6) is -0.663. The number of hydrogen-bond acceptors (Lipinski definition) is 3. The SMILES string of the molecule is Cn1ccc(C(=O)Cc2ccccc2)c1/C=C/C(=O)NO. The van der Waals surface area contributed by atoms with Gasteiger partial charge in [0, 0.05) is 31.3 Å². The van der Waals surface area contributed by atoms with Gasteiger partial charge in [-0.2, -0.15) is 0 Å². The number of carbonyl (C=O) groups excluding carboxylic acids is 2. The first-order chi connectivity index (χ1) is 10.1. The maximum absolute atomic E-state index is 12.4. The van der Waals surface area contributed by atoms with Gasteiger partial charge in [-0.3, -0.25) is 14.8 Å². The first-order valence-corrected chi connectivity index (χ1v) is 6.46. The van der Waals surface area contributed by atoms with Crippen molar-refractivity contribution in [1.29, 1.82) is 0 Å². The third-order valence-electron chi connectivity index (χ3n) is 3.13. The van der Waals surface area contributed by atoms with Crippen LogP contribution in [0.3, 0.4) is 0 Å². The highest BCUT2D eigenvalue weighted by atomic mass is 16.5. The summed E-state index contributed by atoms with van der Waals surface area (Å²) in [5, 5.41) is 8.48. The van der Waals surface area contributed by atoms with Crippen LogP contribution in [0, 0.1) is 0 Å². The van der Waals surface area contributed by atoms with E-state index in [9.17, 15) is 9.59 Å². The number of hydrogen-bond donors (Lipinski definition) is 2. The van der Waals surface area contributed by atoms with Crippen molar-refractivity contribution in [3.8, 4) is 0 Å². The van der Waals surface area contributed by atoms with Gasteiger partial charge in [-0.25, -0.2) is 5.48 Å². The van der Waals surface area contributed by atoms with E-state index in [2.05, 4.69) is 0 Å². The lowest BCUT2D eigenvalue weighted by atomic mass is 10.0. The van der Waals surface area contributed by atoms with E-state index in [1.54, 1.807) is 23.9 Å². The predicted molar refractivity (Wildman–Crippen MR) is 78.9 cm³/mol. The minimum absolute atomic E-state index is 0.0224. The molecule has 0 saturated carbocycles. The van der Waals surface area contributed by atoms with E-state index in [4.69, 9.17) is 5.21 Å². The van der Waals surface area contributed by atoms with Gasteiger partial charge in [0.1, 0.15) is 0 Å². The van der Waals surface area contributed by atoms with Crippen molar-refractivity contribution in [3.63, 3.8) is 0 Å². The number of Topliss-reactive ketones (excluding diaryl/α,β-unsaturated/α-hetero) is 1. The van der Waals surface area contributed by atoms with Crippen LogP contribution in [0.15, 0.2) is 48.7 Å². The lowest BCUT2D eigenvalue weighted by Gasteiger charge is -2.03. The van der Waals surface area contributed by atoms with Crippen molar-refractivity contribution in [2.75, 3.05) is 0 Å². The van der Waals surface area contributed by atoms with E-state index in [0.29, 0.717) is 17.7 Å². The van der Waals surface area contributed by atoms with Gasteiger partial charge in [-0.15, -0.1) is 0 Å². The summed E-state index contributed by atoms with van der Waals surface area (Å²) in [7, 11) is 1.79. The summed E-state index contributed by atoms with van der Waals surface area (Å²) < 4.78 is 1.75. The molecule has 0 radical (unpaired) electrons. The molecule has 0 atom stereocenters. The Morgan fingerprint density at radius 2 is 1.95 bits per heavy atom. The highest BCUT2D eigenvalue weighted by Gasteiger charge is 2.13. The average Bonchev–Trinajstić information content (AvgIpc) is 2.87. The Bertz CT molecular complexity index is 672. The van der Waals surface area contributed by atoms with Crippen molar-refractivity contribution in [1.82, 2.24) is 10.0 Å². The molecule has 0 aliphatic rings. The number of aryl methyl sites for hydroxylation is 1. The average molecular weight is 284 g/mol. The molecule has 0 aliphatic heterocycles. The molecule has 0 spiro atoms. The highest BCUT2D eigenvalue weighted by molar-refractivity contribution is 6.01. The molecular weight excluding hydrogens is 268 g/mol. The molecule has 2 rings (SSSR count). The maximum Gasteiger partial charge on any atom is 0.267 e. The van der Waals surface area contributed by atoms with Crippen LogP contribution in [0.1, 0.15) is 21.6 Å².